The fourth-order valence-corrected chi connectivity index (χ4v) is 3.56. The van der Waals surface area contributed by atoms with Crippen LogP contribution in [0.5, 0.6) is 0 Å². The summed E-state index contributed by atoms with van der Waals surface area (Å²) in [7, 11) is 3.80. The molecule has 0 atom stereocenters. The van der Waals surface area contributed by atoms with Crippen molar-refractivity contribution < 1.29 is 0 Å². The van der Waals surface area contributed by atoms with Crippen molar-refractivity contribution in [3.05, 3.63) is 72.5 Å². The smallest absolute Gasteiger partial charge is 0.323 e. The second-order valence-electron chi connectivity index (χ2n) is 7.34. The van der Waals surface area contributed by atoms with E-state index in [1.54, 1.807) is 12.3 Å². The van der Waals surface area contributed by atoms with Crippen molar-refractivity contribution in [2.24, 2.45) is 4.99 Å². The number of aliphatic imine (C=N–C) groups is 1. The van der Waals surface area contributed by atoms with Crippen molar-refractivity contribution in [2.75, 3.05) is 19.0 Å². The third kappa shape index (κ3) is 3.52. The summed E-state index contributed by atoms with van der Waals surface area (Å²) in [5.74, 6) is 0. The fraction of sp³-hybridized carbons (Fsp3) is 0.190. The van der Waals surface area contributed by atoms with Crippen molar-refractivity contribution in [1.82, 2.24) is 19.7 Å². The third-order valence-corrected chi connectivity index (χ3v) is 5.83. The molecule has 2 aromatic heterocycles. The number of anilines is 1. The summed E-state index contributed by atoms with van der Waals surface area (Å²) in [6.45, 7) is 3.81. The molecule has 154 valence electrons. The van der Waals surface area contributed by atoms with E-state index in [2.05, 4.69) is 36.0 Å². The number of H-pyrrole nitrogens is 3. The maximum absolute atomic E-state index is 13.0. The molecule has 0 aliphatic rings. The van der Waals surface area contributed by atoms with Gasteiger partial charge in [-0.25, -0.2) is 9.48 Å². The summed E-state index contributed by atoms with van der Waals surface area (Å²) in [6, 6.07) is 9.36. The molecular weight excluding hydrogens is 448 g/mol. The lowest BCUT2D eigenvalue weighted by molar-refractivity contribution is 0.834. The van der Waals surface area contributed by atoms with Gasteiger partial charge in [0.25, 0.3) is 5.56 Å². The number of aryl methyl sites for hydroxylation is 2. The molecule has 2 heterocycles. The zero-order valence-corrected chi connectivity index (χ0v) is 18.6. The molecule has 0 bridgehead atoms. The van der Waals surface area contributed by atoms with Gasteiger partial charge in [-0.2, -0.15) is 0 Å². The standard InChI is InChI=1S/C21H21BrN6O2/c1-11-7-13(5-6-15(11)22)28-20(29)14(12(2)26-28)10-23-18-8-16-17(25-21(30)24-16)9-19(18)27(3)4/h5-10,26H,1-4H3,(H2,24,25,30). The van der Waals surface area contributed by atoms with Crippen LogP contribution in [0.2, 0.25) is 0 Å². The van der Waals surface area contributed by atoms with Crippen LogP contribution in [-0.2, 0) is 0 Å². The minimum absolute atomic E-state index is 0.180. The molecule has 0 radical (unpaired) electrons. The molecule has 0 saturated heterocycles. The Balaban J connectivity index is 1.79. The van der Waals surface area contributed by atoms with Gasteiger partial charge in [0, 0.05) is 30.5 Å². The Morgan fingerprint density at radius 2 is 1.77 bits per heavy atom. The van der Waals surface area contributed by atoms with Crippen LogP contribution < -0.4 is 16.1 Å². The number of nitrogens with zero attached hydrogens (tertiary/aromatic N) is 3. The number of imidazole rings is 1. The zero-order chi connectivity index (χ0) is 21.6. The molecule has 30 heavy (non-hydrogen) atoms. The molecule has 8 nitrogen and oxygen atoms in total. The lowest BCUT2D eigenvalue weighted by Crippen LogP contribution is -2.17. The van der Waals surface area contributed by atoms with Crippen molar-refractivity contribution in [1.29, 1.82) is 0 Å². The maximum atomic E-state index is 13.0. The number of benzene rings is 2. The molecule has 9 heteroatoms. The van der Waals surface area contributed by atoms with Crippen molar-refractivity contribution in [3.8, 4) is 5.69 Å². The van der Waals surface area contributed by atoms with Crippen molar-refractivity contribution >= 4 is 44.6 Å². The van der Waals surface area contributed by atoms with E-state index >= 15 is 0 Å². The molecule has 3 N–H and O–H groups in total. The number of aromatic nitrogens is 4. The highest BCUT2D eigenvalue weighted by Gasteiger charge is 2.13. The van der Waals surface area contributed by atoms with Gasteiger partial charge in [-0.15, -0.1) is 0 Å². The topological polar surface area (TPSA) is 102 Å². The van der Waals surface area contributed by atoms with E-state index in [0.29, 0.717) is 28.0 Å². The summed E-state index contributed by atoms with van der Waals surface area (Å²) in [6.07, 6.45) is 1.56. The molecule has 0 fully saturated rings. The van der Waals surface area contributed by atoms with Gasteiger partial charge in [0.1, 0.15) is 0 Å². The van der Waals surface area contributed by atoms with E-state index in [4.69, 9.17) is 0 Å². The zero-order valence-electron chi connectivity index (χ0n) is 17.0. The largest absolute Gasteiger partial charge is 0.376 e. The van der Waals surface area contributed by atoms with Gasteiger partial charge >= 0.3 is 5.69 Å². The summed E-state index contributed by atoms with van der Waals surface area (Å²) in [4.78, 5) is 36.6. The van der Waals surface area contributed by atoms with Crippen molar-refractivity contribution in [3.63, 3.8) is 0 Å². The summed E-state index contributed by atoms with van der Waals surface area (Å²) >= 11 is 3.48. The molecule has 4 rings (SSSR count). The molecule has 0 aliphatic heterocycles. The first kappa shape index (κ1) is 20.0. The predicted molar refractivity (Wildman–Crippen MR) is 124 cm³/mol. The van der Waals surface area contributed by atoms with Crippen LogP contribution in [0.15, 0.2) is 49.4 Å². The molecule has 0 amide bonds. The highest BCUT2D eigenvalue weighted by atomic mass is 79.9. The van der Waals surface area contributed by atoms with Crippen LogP contribution in [0.1, 0.15) is 16.8 Å². The first-order valence-corrected chi connectivity index (χ1v) is 10.1. The number of rotatable bonds is 4. The van der Waals surface area contributed by atoms with Crippen LogP contribution in [0.3, 0.4) is 0 Å². The molecular formula is C21H21BrN6O2. The molecule has 4 aromatic rings. The second kappa shape index (κ2) is 7.49. The Morgan fingerprint density at radius 3 is 2.43 bits per heavy atom. The van der Waals surface area contributed by atoms with Gasteiger partial charge in [0.15, 0.2) is 0 Å². The third-order valence-electron chi connectivity index (χ3n) is 4.94. The first-order valence-electron chi connectivity index (χ1n) is 9.30. The summed E-state index contributed by atoms with van der Waals surface area (Å²) in [5.41, 5.74) is 5.36. The minimum Gasteiger partial charge on any atom is -0.376 e. The Bertz CT molecular complexity index is 1400. The van der Waals surface area contributed by atoms with E-state index in [-0.39, 0.29) is 11.2 Å². The van der Waals surface area contributed by atoms with Crippen LogP contribution in [0, 0.1) is 13.8 Å². The SMILES string of the molecule is Cc1cc(-n2[nH]c(C)c(C=Nc3cc4[nH]c(=O)[nH]c4cc3N(C)C)c2=O)ccc1Br. The van der Waals surface area contributed by atoms with Gasteiger partial charge < -0.3 is 14.9 Å². The number of aromatic amines is 3. The number of fused-ring (bicyclic) bond motifs is 1. The molecule has 0 spiro atoms. The van der Waals surface area contributed by atoms with E-state index in [1.165, 1.54) is 4.68 Å². The highest BCUT2D eigenvalue weighted by Crippen LogP contribution is 2.30. The Hall–Kier alpha value is -3.33. The summed E-state index contributed by atoms with van der Waals surface area (Å²) in [5, 5.41) is 3.12. The van der Waals surface area contributed by atoms with Crippen LogP contribution in [-0.4, -0.2) is 40.1 Å². The lowest BCUT2D eigenvalue weighted by Gasteiger charge is -2.15. The predicted octanol–water partition coefficient (Wildman–Crippen LogP) is 3.53. The van der Waals surface area contributed by atoms with Gasteiger partial charge in [-0.05, 0) is 49.7 Å². The summed E-state index contributed by atoms with van der Waals surface area (Å²) < 4.78 is 2.49. The first-order chi connectivity index (χ1) is 14.2. The molecule has 2 aromatic carbocycles. The van der Waals surface area contributed by atoms with E-state index in [9.17, 15) is 9.59 Å². The van der Waals surface area contributed by atoms with E-state index in [0.717, 1.165) is 21.4 Å². The van der Waals surface area contributed by atoms with Gasteiger partial charge in [0.05, 0.1) is 33.7 Å². The van der Waals surface area contributed by atoms with Crippen LogP contribution >= 0.6 is 15.9 Å². The highest BCUT2D eigenvalue weighted by molar-refractivity contribution is 9.10. The van der Waals surface area contributed by atoms with E-state index < -0.39 is 0 Å². The Labute approximate surface area is 180 Å². The Morgan fingerprint density at radius 1 is 1.07 bits per heavy atom. The monoisotopic (exact) mass is 468 g/mol. The quantitative estimate of drug-likeness (QED) is 0.399. The average molecular weight is 469 g/mol. The number of hydrogen-bond acceptors (Lipinski definition) is 4. The van der Waals surface area contributed by atoms with Gasteiger partial charge in [-0.3, -0.25) is 14.9 Å². The normalized spacial score (nSPS) is 11.6. The lowest BCUT2D eigenvalue weighted by atomic mass is 10.2. The minimum atomic E-state index is -0.273. The Kier molecular flexibility index (Phi) is 4.98. The molecule has 0 aliphatic carbocycles. The fourth-order valence-electron chi connectivity index (χ4n) is 3.32. The maximum Gasteiger partial charge on any atom is 0.323 e. The number of halogens is 1. The number of hydrogen-bond donors (Lipinski definition) is 3. The van der Waals surface area contributed by atoms with Crippen LogP contribution in [0.25, 0.3) is 16.7 Å². The van der Waals surface area contributed by atoms with E-state index in [1.807, 2.05) is 57.1 Å². The molecule has 0 unspecified atom stereocenters. The average Bonchev–Trinajstić information content (AvgIpc) is 3.19. The molecule has 0 saturated carbocycles. The van der Waals surface area contributed by atoms with Gasteiger partial charge in [0.2, 0.25) is 0 Å². The number of nitrogens with one attached hydrogen (secondary N) is 3. The second-order valence-corrected chi connectivity index (χ2v) is 8.20. The van der Waals surface area contributed by atoms with Gasteiger partial charge in [-0.1, -0.05) is 15.9 Å². The van der Waals surface area contributed by atoms with Crippen molar-refractivity contribution in [2.45, 2.75) is 13.8 Å². The van der Waals surface area contributed by atoms with Crippen LogP contribution in [0.4, 0.5) is 11.4 Å².